The molecule has 4 N–H and O–H groups in total. The van der Waals surface area contributed by atoms with Crippen molar-refractivity contribution in [1.82, 2.24) is 26.2 Å². The first-order valence-electron chi connectivity index (χ1n) is 17.1. The van der Waals surface area contributed by atoms with E-state index in [-0.39, 0.29) is 37.5 Å². The number of rotatable bonds is 5. The van der Waals surface area contributed by atoms with Gasteiger partial charge in [-0.2, -0.15) is 0 Å². The minimum atomic E-state index is -0.989. The van der Waals surface area contributed by atoms with Crippen LogP contribution in [0.1, 0.15) is 71.9 Å². The Morgan fingerprint density at radius 2 is 1.54 bits per heavy atom. The van der Waals surface area contributed by atoms with E-state index in [2.05, 4.69) is 21.3 Å². The Bertz CT molecular complexity index is 1680. The molecule has 0 fully saturated rings. The molecule has 0 unspecified atom stereocenters. The number of carbonyl (C=O) groups excluding carboxylic acids is 5. The maximum atomic E-state index is 13.8. The summed E-state index contributed by atoms with van der Waals surface area (Å²) in [5.41, 5.74) is 2.43. The number of nitrogens with one attached hydrogen (secondary N) is 4. The second-order valence-corrected chi connectivity index (χ2v) is 13.1. The van der Waals surface area contributed by atoms with Gasteiger partial charge in [0.1, 0.15) is 18.1 Å². The fourth-order valence-electron chi connectivity index (χ4n) is 5.89. The number of nitrogens with zero attached hydrogens (tertiary/aromatic N) is 1. The third-order valence-electron chi connectivity index (χ3n) is 8.65. The monoisotopic (exact) mass is 683 g/mol. The summed E-state index contributed by atoms with van der Waals surface area (Å²) in [5.74, 6) is -0.871. The van der Waals surface area contributed by atoms with Crippen molar-refractivity contribution >= 4 is 29.5 Å². The van der Waals surface area contributed by atoms with Crippen LogP contribution in [0.5, 0.6) is 11.5 Å². The number of hydrogen-bond acceptors (Lipinski definition) is 7. The standard InChI is InChI=1S/C38H45N5O7/c1-24(2)19-30-36(46)40-25(3)34(44)39-17-7-8-18-43(38(48)29-15-16-32-33(21-29)50-23-49-32)22-27-11-13-28(14-12-27)35(45)41-31(37(47)42-30)20-26-9-5-4-6-10-26/h4-6,9-16,21,24-25,30-31H,7-8,17-20,22-23H2,1-3H3,(H,39,44)(H,40,46)(H,41,45)(H,42,47)/t25-,30+,31-/m1/s1. The normalized spacial score (nSPS) is 20.7. The Kier molecular flexibility index (Phi) is 12.1. The van der Waals surface area contributed by atoms with Crippen LogP contribution in [0.3, 0.4) is 0 Å². The molecule has 0 saturated carbocycles. The molecule has 0 saturated heterocycles. The summed E-state index contributed by atoms with van der Waals surface area (Å²) < 4.78 is 10.9. The first-order chi connectivity index (χ1) is 24.1. The highest BCUT2D eigenvalue weighted by Crippen LogP contribution is 2.33. The lowest BCUT2D eigenvalue weighted by atomic mass is 10.0. The Hall–Kier alpha value is -5.39. The van der Waals surface area contributed by atoms with E-state index in [0.29, 0.717) is 55.0 Å². The summed E-state index contributed by atoms with van der Waals surface area (Å²) in [6.45, 7) is 6.59. The molecule has 12 nitrogen and oxygen atoms in total. The van der Waals surface area contributed by atoms with Crippen LogP contribution in [0.15, 0.2) is 72.8 Å². The van der Waals surface area contributed by atoms with Gasteiger partial charge in [0.2, 0.25) is 24.5 Å². The minimum absolute atomic E-state index is 0.0573. The molecular formula is C38H45N5O7. The zero-order valence-electron chi connectivity index (χ0n) is 28.7. The van der Waals surface area contributed by atoms with Crippen molar-refractivity contribution < 1.29 is 33.4 Å². The topological polar surface area (TPSA) is 155 Å². The van der Waals surface area contributed by atoms with Crippen LogP contribution in [0.2, 0.25) is 0 Å². The molecule has 12 heteroatoms. The summed E-state index contributed by atoms with van der Waals surface area (Å²) >= 11 is 0. The zero-order valence-corrected chi connectivity index (χ0v) is 28.7. The predicted molar refractivity (Wildman–Crippen MR) is 186 cm³/mol. The summed E-state index contributed by atoms with van der Waals surface area (Å²) in [6, 6.07) is 18.5. The molecule has 5 amide bonds. The van der Waals surface area contributed by atoms with Crippen LogP contribution in [0.25, 0.3) is 0 Å². The molecule has 0 aliphatic carbocycles. The first-order valence-corrected chi connectivity index (χ1v) is 17.1. The SMILES string of the molecule is CC(C)C[C@@H]1NC(=O)[C@@H](Cc2ccccc2)NC(=O)c2ccc(cc2)CN(C(=O)c2ccc3c(c2)OCO3)CCCCNC(=O)[C@@H](C)NC1=O. The summed E-state index contributed by atoms with van der Waals surface area (Å²) in [4.78, 5) is 69.1. The molecule has 3 aromatic rings. The van der Waals surface area contributed by atoms with Crippen LogP contribution in [0.4, 0.5) is 0 Å². The highest BCUT2D eigenvalue weighted by molar-refractivity contribution is 5.99. The molecule has 3 aromatic carbocycles. The lowest BCUT2D eigenvalue weighted by Crippen LogP contribution is -2.57. The van der Waals surface area contributed by atoms with E-state index in [9.17, 15) is 24.0 Å². The van der Waals surface area contributed by atoms with Gasteiger partial charge in [-0.3, -0.25) is 24.0 Å². The van der Waals surface area contributed by atoms with Crippen molar-refractivity contribution in [3.8, 4) is 11.5 Å². The lowest BCUT2D eigenvalue weighted by molar-refractivity contribution is -0.132. The van der Waals surface area contributed by atoms with Crippen molar-refractivity contribution in [3.05, 3.63) is 95.1 Å². The molecule has 264 valence electrons. The van der Waals surface area contributed by atoms with E-state index < -0.39 is 35.8 Å². The highest BCUT2D eigenvalue weighted by Gasteiger charge is 2.30. The van der Waals surface area contributed by atoms with Crippen molar-refractivity contribution in [2.45, 2.75) is 71.1 Å². The number of carbonyl (C=O) groups is 5. The van der Waals surface area contributed by atoms with E-state index in [4.69, 9.17) is 9.47 Å². The molecule has 50 heavy (non-hydrogen) atoms. The second-order valence-electron chi connectivity index (χ2n) is 13.1. The molecule has 3 aliphatic heterocycles. The Morgan fingerprint density at radius 3 is 2.28 bits per heavy atom. The smallest absolute Gasteiger partial charge is 0.254 e. The third-order valence-corrected chi connectivity index (χ3v) is 8.65. The number of benzene rings is 3. The van der Waals surface area contributed by atoms with E-state index in [1.807, 2.05) is 44.2 Å². The first kappa shape index (κ1) is 35.9. The Labute approximate surface area is 292 Å². The van der Waals surface area contributed by atoms with Gasteiger partial charge in [0.25, 0.3) is 11.8 Å². The van der Waals surface area contributed by atoms with Gasteiger partial charge in [-0.15, -0.1) is 0 Å². The van der Waals surface area contributed by atoms with E-state index in [1.54, 1.807) is 54.3 Å². The Morgan fingerprint density at radius 1 is 0.820 bits per heavy atom. The van der Waals surface area contributed by atoms with Crippen LogP contribution < -0.4 is 30.7 Å². The number of fused-ring (bicyclic) bond motifs is 19. The summed E-state index contributed by atoms with van der Waals surface area (Å²) in [6.07, 6.45) is 1.72. The molecule has 3 atom stereocenters. The average molecular weight is 684 g/mol. The van der Waals surface area contributed by atoms with E-state index in [1.165, 1.54) is 0 Å². The zero-order chi connectivity index (χ0) is 35.6. The van der Waals surface area contributed by atoms with Gasteiger partial charge in [0.05, 0.1) is 0 Å². The second kappa shape index (κ2) is 16.8. The van der Waals surface area contributed by atoms with Crippen molar-refractivity contribution in [2.75, 3.05) is 19.9 Å². The van der Waals surface area contributed by atoms with Gasteiger partial charge >= 0.3 is 0 Å². The van der Waals surface area contributed by atoms with Gasteiger partial charge in [0, 0.05) is 37.2 Å². The lowest BCUT2D eigenvalue weighted by Gasteiger charge is -2.25. The highest BCUT2D eigenvalue weighted by atomic mass is 16.7. The molecular weight excluding hydrogens is 638 g/mol. The number of amides is 5. The van der Waals surface area contributed by atoms with Gasteiger partial charge in [-0.1, -0.05) is 56.3 Å². The molecule has 6 rings (SSSR count). The fraction of sp³-hybridized carbons (Fsp3) is 0.395. The third kappa shape index (κ3) is 9.61. The van der Waals surface area contributed by atoms with Gasteiger partial charge < -0.3 is 35.6 Å². The molecule has 3 heterocycles. The van der Waals surface area contributed by atoms with Crippen molar-refractivity contribution in [1.29, 1.82) is 0 Å². The number of hydrogen-bond donors (Lipinski definition) is 4. The maximum Gasteiger partial charge on any atom is 0.254 e. The molecule has 2 bridgehead atoms. The molecule has 0 spiro atoms. The molecule has 0 radical (unpaired) electrons. The van der Waals surface area contributed by atoms with Gasteiger partial charge in [-0.25, -0.2) is 0 Å². The molecule has 3 aliphatic rings. The quantitative estimate of drug-likeness (QED) is 0.301. The van der Waals surface area contributed by atoms with Crippen molar-refractivity contribution in [3.63, 3.8) is 0 Å². The Balaban J connectivity index is 1.40. The van der Waals surface area contributed by atoms with Crippen LogP contribution in [-0.4, -0.2) is 72.4 Å². The fourth-order valence-corrected chi connectivity index (χ4v) is 5.89. The minimum Gasteiger partial charge on any atom is -0.454 e. The largest absolute Gasteiger partial charge is 0.454 e. The van der Waals surface area contributed by atoms with E-state index >= 15 is 0 Å². The number of ether oxygens (including phenoxy) is 2. The van der Waals surface area contributed by atoms with Crippen LogP contribution in [0, 0.1) is 5.92 Å². The summed E-state index contributed by atoms with van der Waals surface area (Å²) in [7, 11) is 0. The van der Waals surface area contributed by atoms with Gasteiger partial charge in [-0.05, 0) is 73.6 Å². The van der Waals surface area contributed by atoms with Crippen molar-refractivity contribution in [2.24, 2.45) is 5.92 Å². The van der Waals surface area contributed by atoms with E-state index in [0.717, 1.165) is 11.1 Å². The summed E-state index contributed by atoms with van der Waals surface area (Å²) in [5, 5.41) is 11.3. The predicted octanol–water partition coefficient (Wildman–Crippen LogP) is 3.34. The van der Waals surface area contributed by atoms with Crippen LogP contribution >= 0.6 is 0 Å². The van der Waals surface area contributed by atoms with Gasteiger partial charge in [0.15, 0.2) is 11.5 Å². The van der Waals surface area contributed by atoms with Crippen LogP contribution in [-0.2, 0) is 27.3 Å². The molecule has 0 aromatic heterocycles. The average Bonchev–Trinajstić information content (AvgIpc) is 3.58. The maximum absolute atomic E-state index is 13.8.